The molecule has 1 aliphatic heterocycles. The van der Waals surface area contributed by atoms with E-state index in [2.05, 4.69) is 19.9 Å². The number of rotatable bonds is 6. The molecule has 1 aliphatic carbocycles. The summed E-state index contributed by atoms with van der Waals surface area (Å²) in [6.07, 6.45) is 6.11. The number of hydrogen-bond acceptors (Lipinski definition) is 5. The van der Waals surface area contributed by atoms with Crippen molar-refractivity contribution in [3.63, 3.8) is 0 Å². The minimum Gasteiger partial charge on any atom is -0.390 e. The van der Waals surface area contributed by atoms with E-state index in [0.29, 0.717) is 18.0 Å². The van der Waals surface area contributed by atoms with Crippen LogP contribution in [0.25, 0.3) is 6.08 Å². The van der Waals surface area contributed by atoms with Crippen molar-refractivity contribution in [1.29, 1.82) is 0 Å². The molecule has 2 aromatic rings. The van der Waals surface area contributed by atoms with Gasteiger partial charge in [-0.25, -0.2) is 13.4 Å². The standard InChI is InChI=1S/C23H24ClN5O3S2.2H2/c24-20-3-1-2-15-4-5-16(22(15)20)12-21(30)27-17-10-11-29(13-17)18-6-8-19(9-7-18)34(31,32)28-23(33)26-14-25;;/h1-9,14,16-17H,10-13H2,(H,27,30)(H3,25,26,28,33);2*1H/t16?,17-;;/m1../s1. The van der Waals surface area contributed by atoms with Crippen molar-refractivity contribution in [2.75, 3.05) is 18.0 Å². The Hall–Kier alpha value is -2.95. The number of nitrogens with two attached hydrogens (primary N) is 1. The molecule has 0 aromatic heterocycles. The van der Waals surface area contributed by atoms with Crippen LogP contribution in [0.1, 0.15) is 32.7 Å². The lowest BCUT2D eigenvalue weighted by molar-refractivity contribution is -0.121. The average Bonchev–Trinajstić information content (AvgIpc) is 3.42. The molecular formula is C23H28ClN5O3S2. The van der Waals surface area contributed by atoms with Crippen LogP contribution in [0.2, 0.25) is 5.02 Å². The second-order valence-corrected chi connectivity index (χ2v) is 10.6. The third kappa shape index (κ3) is 5.40. The van der Waals surface area contributed by atoms with Gasteiger partial charge in [0.1, 0.15) is 0 Å². The fraction of sp³-hybridized carbons (Fsp3) is 0.261. The zero-order valence-corrected chi connectivity index (χ0v) is 20.5. The van der Waals surface area contributed by atoms with Gasteiger partial charge in [-0.1, -0.05) is 35.9 Å². The van der Waals surface area contributed by atoms with Gasteiger partial charge in [-0.3, -0.25) is 9.52 Å². The minimum absolute atomic E-state index is 0. The topological polar surface area (TPSA) is 117 Å². The van der Waals surface area contributed by atoms with Crippen molar-refractivity contribution in [2.45, 2.75) is 29.7 Å². The van der Waals surface area contributed by atoms with Crippen LogP contribution < -0.4 is 20.7 Å². The smallest absolute Gasteiger partial charge is 0.263 e. The van der Waals surface area contributed by atoms with Gasteiger partial charge in [0.15, 0.2) is 0 Å². The molecule has 0 saturated carbocycles. The third-order valence-corrected chi connectivity index (χ3v) is 7.87. The molecule has 1 amide bonds. The summed E-state index contributed by atoms with van der Waals surface area (Å²) >= 11 is 11.2. The SMILES string of the molecule is NC=NC(=S)NS(=O)(=O)c1ccc(N2CC[C@@H](NC(=O)CC3C=Cc4cccc(Cl)c43)C2)cc1.[HH].[HH]. The largest absolute Gasteiger partial charge is 0.390 e. The third-order valence-electron chi connectivity index (χ3n) is 5.85. The van der Waals surface area contributed by atoms with E-state index in [4.69, 9.17) is 29.6 Å². The Morgan fingerprint density at radius 3 is 2.79 bits per heavy atom. The van der Waals surface area contributed by atoms with Crippen LogP contribution in [0.5, 0.6) is 0 Å². The number of sulfonamides is 1. The van der Waals surface area contributed by atoms with E-state index in [1.54, 1.807) is 12.1 Å². The summed E-state index contributed by atoms with van der Waals surface area (Å²) in [6.45, 7) is 1.39. The predicted molar refractivity (Wildman–Crippen MR) is 143 cm³/mol. The number of carbonyl (C=O) groups is 1. The molecule has 1 heterocycles. The quantitative estimate of drug-likeness (QED) is 0.305. The summed E-state index contributed by atoms with van der Waals surface area (Å²) in [6, 6.07) is 12.2. The first-order valence-corrected chi connectivity index (χ1v) is 13.0. The Labute approximate surface area is 211 Å². The van der Waals surface area contributed by atoms with Crippen LogP contribution in [0.4, 0.5) is 5.69 Å². The maximum Gasteiger partial charge on any atom is 0.263 e. The van der Waals surface area contributed by atoms with Crippen molar-refractivity contribution >= 4 is 63.0 Å². The number of allylic oxidation sites excluding steroid dienone is 1. The van der Waals surface area contributed by atoms with Crippen LogP contribution in [-0.4, -0.2) is 44.9 Å². The van der Waals surface area contributed by atoms with Crippen LogP contribution in [-0.2, 0) is 14.8 Å². The highest BCUT2D eigenvalue weighted by atomic mass is 35.5. The molecule has 1 unspecified atom stereocenters. The summed E-state index contributed by atoms with van der Waals surface area (Å²) < 4.78 is 26.9. The van der Waals surface area contributed by atoms with Gasteiger partial charge in [0.25, 0.3) is 10.0 Å². The first-order valence-electron chi connectivity index (χ1n) is 10.7. The lowest BCUT2D eigenvalue weighted by Crippen LogP contribution is -2.37. The summed E-state index contributed by atoms with van der Waals surface area (Å²) in [5.74, 6) is -0.0365. The van der Waals surface area contributed by atoms with Gasteiger partial charge in [-0.15, -0.1) is 0 Å². The molecule has 8 nitrogen and oxygen atoms in total. The molecule has 0 radical (unpaired) electrons. The van der Waals surface area contributed by atoms with Crippen molar-refractivity contribution < 1.29 is 16.1 Å². The maximum absolute atomic E-state index is 12.7. The van der Waals surface area contributed by atoms with E-state index in [-0.39, 0.29) is 30.7 Å². The lowest BCUT2D eigenvalue weighted by atomic mass is 9.97. The molecule has 1 saturated heterocycles. The number of fused-ring (bicyclic) bond motifs is 1. The fourth-order valence-corrected chi connectivity index (χ4v) is 5.89. The molecule has 0 bridgehead atoms. The van der Waals surface area contributed by atoms with Crippen molar-refractivity contribution in [3.8, 4) is 0 Å². The molecule has 0 spiro atoms. The number of hydrogen-bond donors (Lipinski definition) is 3. The van der Waals surface area contributed by atoms with Crippen LogP contribution in [0.3, 0.4) is 0 Å². The van der Waals surface area contributed by atoms with Crippen molar-refractivity contribution in [1.82, 2.24) is 10.0 Å². The van der Waals surface area contributed by atoms with Crippen LogP contribution in [0.15, 0.2) is 58.4 Å². The van der Waals surface area contributed by atoms with E-state index >= 15 is 0 Å². The molecule has 11 heteroatoms. The second-order valence-electron chi connectivity index (χ2n) is 8.09. The molecule has 182 valence electrons. The van der Waals surface area contributed by atoms with E-state index in [9.17, 15) is 13.2 Å². The number of nitrogens with one attached hydrogen (secondary N) is 2. The monoisotopic (exact) mass is 521 g/mol. The number of anilines is 1. The first-order chi connectivity index (χ1) is 16.3. The predicted octanol–water partition coefficient (Wildman–Crippen LogP) is 3.28. The summed E-state index contributed by atoms with van der Waals surface area (Å²) in [5.41, 5.74) is 8.07. The van der Waals surface area contributed by atoms with Gasteiger partial charge < -0.3 is 16.0 Å². The highest BCUT2D eigenvalue weighted by Crippen LogP contribution is 2.37. The Morgan fingerprint density at radius 1 is 1.29 bits per heavy atom. The molecule has 2 aromatic carbocycles. The molecule has 4 N–H and O–H groups in total. The highest BCUT2D eigenvalue weighted by Gasteiger charge is 2.27. The van der Waals surface area contributed by atoms with Gasteiger partial charge in [-0.2, -0.15) is 0 Å². The van der Waals surface area contributed by atoms with Crippen molar-refractivity contribution in [2.24, 2.45) is 10.7 Å². The normalized spacial score (nSPS) is 19.4. The van der Waals surface area contributed by atoms with Gasteiger partial charge in [0.05, 0.1) is 11.2 Å². The van der Waals surface area contributed by atoms with Crippen LogP contribution in [0, 0.1) is 0 Å². The molecular weight excluding hydrogens is 494 g/mol. The van der Waals surface area contributed by atoms with E-state index in [1.807, 2.05) is 30.4 Å². The minimum atomic E-state index is -3.84. The summed E-state index contributed by atoms with van der Waals surface area (Å²) in [5, 5.41) is 3.57. The van der Waals surface area contributed by atoms with E-state index < -0.39 is 10.0 Å². The van der Waals surface area contributed by atoms with Crippen molar-refractivity contribution in [3.05, 3.63) is 64.7 Å². The first kappa shape index (κ1) is 24.2. The van der Waals surface area contributed by atoms with Crippen LogP contribution >= 0.6 is 23.8 Å². The summed E-state index contributed by atoms with van der Waals surface area (Å²) in [4.78, 5) is 18.4. The van der Waals surface area contributed by atoms with E-state index in [0.717, 1.165) is 36.1 Å². The van der Waals surface area contributed by atoms with Gasteiger partial charge in [0, 0.05) is 45.0 Å². The van der Waals surface area contributed by atoms with Gasteiger partial charge in [-0.05, 0) is 60.1 Å². The molecule has 2 aliphatic rings. The molecule has 1 fully saturated rings. The summed E-state index contributed by atoms with van der Waals surface area (Å²) in [7, 11) is -3.84. The van der Waals surface area contributed by atoms with Gasteiger partial charge >= 0.3 is 0 Å². The lowest BCUT2D eigenvalue weighted by Gasteiger charge is -2.20. The number of halogens is 1. The van der Waals surface area contributed by atoms with Gasteiger partial charge in [0.2, 0.25) is 11.0 Å². The number of aliphatic imine (C=N–C) groups is 1. The Kier molecular flexibility index (Phi) is 7.20. The zero-order chi connectivity index (χ0) is 24.3. The number of amides is 1. The number of nitrogens with zero attached hydrogens (tertiary/aromatic N) is 2. The average molecular weight is 522 g/mol. The Balaban J connectivity index is 0.00000228. The Bertz CT molecular complexity index is 1270. The maximum atomic E-state index is 12.7. The van der Waals surface area contributed by atoms with E-state index in [1.165, 1.54) is 12.1 Å². The number of benzene rings is 2. The highest BCUT2D eigenvalue weighted by molar-refractivity contribution is 7.91. The second kappa shape index (κ2) is 10.1. The Morgan fingerprint density at radius 2 is 2.06 bits per heavy atom. The number of thiocarbonyl (C=S) groups is 1. The molecule has 34 heavy (non-hydrogen) atoms. The zero-order valence-electron chi connectivity index (χ0n) is 18.1. The number of carbonyl (C=O) groups excluding carboxylic acids is 1. The molecule has 4 rings (SSSR count). The molecule has 2 atom stereocenters. The fourth-order valence-electron chi connectivity index (χ4n) is 4.28.